The van der Waals surface area contributed by atoms with Gasteiger partial charge in [0.25, 0.3) is 0 Å². The number of hydrogen-bond donors (Lipinski definition) is 1. The van der Waals surface area contributed by atoms with Crippen LogP contribution in [-0.4, -0.2) is 33.4 Å². The van der Waals surface area contributed by atoms with E-state index >= 15 is 0 Å². The largest absolute Gasteiger partial charge is 0.326 e. The molecule has 0 unspecified atom stereocenters. The number of carbonyl (C=O) groups excluding carboxylic acids is 1. The first-order valence-electron chi connectivity index (χ1n) is 7.52. The van der Waals surface area contributed by atoms with E-state index < -0.39 is 0 Å². The molecule has 0 saturated carbocycles. The van der Waals surface area contributed by atoms with Gasteiger partial charge < -0.3 is 9.88 Å². The Balaban J connectivity index is 1.89. The second-order valence-corrected chi connectivity index (χ2v) is 6.19. The van der Waals surface area contributed by atoms with Crippen LogP contribution in [0.1, 0.15) is 26.6 Å². The molecule has 5 heteroatoms. The number of nitrogens with one attached hydrogen (secondary N) is 1. The first-order valence-corrected chi connectivity index (χ1v) is 7.52. The zero-order chi connectivity index (χ0) is 15.0. The second kappa shape index (κ2) is 5.48. The number of nitrogens with zero attached hydrogens (tertiary/aromatic N) is 3. The van der Waals surface area contributed by atoms with Crippen molar-refractivity contribution in [3.05, 3.63) is 24.0 Å². The number of benzene rings is 1. The highest BCUT2D eigenvalue weighted by atomic mass is 16.1. The normalized spacial score (nSPS) is 15.4. The van der Waals surface area contributed by atoms with E-state index in [0.29, 0.717) is 5.92 Å². The standard InChI is InChI=1S/C16H22N4O/c1-11(2)9-19-6-7-20-15-5-4-13(17-12(3)21)8-14(15)18-16(20)10-19/h4-5,8,11H,6-7,9-10H2,1-3H3,(H,17,21). The van der Waals surface area contributed by atoms with Crippen LogP contribution in [0.5, 0.6) is 0 Å². The predicted octanol–water partition coefficient (Wildman–Crippen LogP) is 2.47. The third-order valence-electron chi connectivity index (χ3n) is 3.78. The van der Waals surface area contributed by atoms with Crippen molar-refractivity contribution in [1.82, 2.24) is 14.5 Å². The SMILES string of the molecule is CC(=O)Nc1ccc2c(c1)nc1n2CCN(CC(C)C)C1. The van der Waals surface area contributed by atoms with Gasteiger partial charge in [0.05, 0.1) is 17.6 Å². The maximum absolute atomic E-state index is 11.1. The maximum Gasteiger partial charge on any atom is 0.221 e. The van der Waals surface area contributed by atoms with Gasteiger partial charge in [-0.1, -0.05) is 13.8 Å². The lowest BCUT2D eigenvalue weighted by atomic mass is 10.2. The molecule has 21 heavy (non-hydrogen) atoms. The topological polar surface area (TPSA) is 50.2 Å². The van der Waals surface area contributed by atoms with Crippen molar-refractivity contribution in [1.29, 1.82) is 0 Å². The van der Waals surface area contributed by atoms with Crippen LogP contribution in [0.25, 0.3) is 11.0 Å². The van der Waals surface area contributed by atoms with E-state index in [0.717, 1.165) is 48.7 Å². The summed E-state index contributed by atoms with van der Waals surface area (Å²) in [6.45, 7) is 10.1. The summed E-state index contributed by atoms with van der Waals surface area (Å²) >= 11 is 0. The Kier molecular flexibility index (Phi) is 3.68. The quantitative estimate of drug-likeness (QED) is 0.943. The van der Waals surface area contributed by atoms with Crippen LogP contribution in [0.2, 0.25) is 0 Å². The summed E-state index contributed by atoms with van der Waals surface area (Å²) in [6.07, 6.45) is 0. The van der Waals surface area contributed by atoms with Gasteiger partial charge in [-0.25, -0.2) is 4.98 Å². The molecule has 1 aliphatic rings. The van der Waals surface area contributed by atoms with Gasteiger partial charge in [-0.2, -0.15) is 0 Å². The molecule has 0 radical (unpaired) electrons. The summed E-state index contributed by atoms with van der Waals surface area (Å²) in [5, 5.41) is 2.81. The third kappa shape index (κ3) is 2.93. The van der Waals surface area contributed by atoms with E-state index in [1.54, 1.807) is 0 Å². The minimum Gasteiger partial charge on any atom is -0.326 e. The van der Waals surface area contributed by atoms with E-state index in [-0.39, 0.29) is 5.91 Å². The van der Waals surface area contributed by atoms with E-state index in [1.807, 2.05) is 12.1 Å². The first kappa shape index (κ1) is 14.1. The average Bonchev–Trinajstić information content (AvgIpc) is 2.73. The summed E-state index contributed by atoms with van der Waals surface area (Å²) in [4.78, 5) is 18.4. The third-order valence-corrected chi connectivity index (χ3v) is 3.78. The van der Waals surface area contributed by atoms with E-state index in [4.69, 9.17) is 4.98 Å². The minimum absolute atomic E-state index is 0.0542. The molecular formula is C16H22N4O. The summed E-state index contributed by atoms with van der Waals surface area (Å²) in [6, 6.07) is 5.95. The molecule has 0 fully saturated rings. The summed E-state index contributed by atoms with van der Waals surface area (Å²) < 4.78 is 2.30. The number of anilines is 1. The van der Waals surface area contributed by atoms with Crippen LogP contribution >= 0.6 is 0 Å². The smallest absolute Gasteiger partial charge is 0.221 e. The van der Waals surface area contributed by atoms with Gasteiger partial charge in [0.2, 0.25) is 5.91 Å². The van der Waals surface area contributed by atoms with Crippen molar-refractivity contribution in [2.75, 3.05) is 18.4 Å². The van der Waals surface area contributed by atoms with Crippen molar-refractivity contribution in [3.8, 4) is 0 Å². The van der Waals surface area contributed by atoms with Crippen molar-refractivity contribution >= 4 is 22.6 Å². The zero-order valence-electron chi connectivity index (χ0n) is 12.9. The van der Waals surface area contributed by atoms with Crippen LogP contribution in [0, 0.1) is 5.92 Å². The Hall–Kier alpha value is -1.88. The number of hydrogen-bond acceptors (Lipinski definition) is 3. The summed E-state index contributed by atoms with van der Waals surface area (Å²) in [5.74, 6) is 1.74. The summed E-state index contributed by atoms with van der Waals surface area (Å²) in [7, 11) is 0. The Morgan fingerprint density at radius 3 is 2.90 bits per heavy atom. The number of carbonyl (C=O) groups is 1. The molecule has 2 aromatic rings. The fraction of sp³-hybridized carbons (Fsp3) is 0.500. The van der Waals surface area contributed by atoms with Crippen molar-refractivity contribution < 1.29 is 4.79 Å². The molecule has 112 valence electrons. The first-order chi connectivity index (χ1) is 10.0. The molecule has 0 aliphatic carbocycles. The molecule has 2 heterocycles. The number of aromatic nitrogens is 2. The van der Waals surface area contributed by atoms with Crippen LogP contribution in [0.4, 0.5) is 5.69 Å². The second-order valence-electron chi connectivity index (χ2n) is 6.19. The molecule has 1 aromatic carbocycles. The van der Waals surface area contributed by atoms with Crippen molar-refractivity contribution in [2.24, 2.45) is 5.92 Å². The Labute approximate surface area is 125 Å². The lowest BCUT2D eigenvalue weighted by Crippen LogP contribution is -2.36. The monoisotopic (exact) mass is 286 g/mol. The number of rotatable bonds is 3. The number of amides is 1. The lowest BCUT2D eigenvalue weighted by molar-refractivity contribution is -0.114. The molecule has 5 nitrogen and oxygen atoms in total. The van der Waals surface area contributed by atoms with E-state index in [9.17, 15) is 4.79 Å². The van der Waals surface area contributed by atoms with E-state index in [1.165, 1.54) is 6.92 Å². The van der Waals surface area contributed by atoms with Crippen molar-refractivity contribution in [3.63, 3.8) is 0 Å². The van der Waals surface area contributed by atoms with Crippen LogP contribution in [0.3, 0.4) is 0 Å². The average molecular weight is 286 g/mol. The van der Waals surface area contributed by atoms with Gasteiger partial charge in [-0.15, -0.1) is 0 Å². The van der Waals surface area contributed by atoms with E-state index in [2.05, 4.69) is 34.7 Å². The fourth-order valence-corrected chi connectivity index (χ4v) is 3.02. The predicted molar refractivity (Wildman–Crippen MR) is 84.2 cm³/mol. The molecule has 0 spiro atoms. The molecular weight excluding hydrogens is 264 g/mol. The van der Waals surface area contributed by atoms with Gasteiger partial charge in [0.15, 0.2) is 0 Å². The molecule has 1 N–H and O–H groups in total. The Bertz CT molecular complexity index is 674. The highest BCUT2D eigenvalue weighted by Crippen LogP contribution is 2.24. The molecule has 0 saturated heterocycles. The fourth-order valence-electron chi connectivity index (χ4n) is 3.02. The molecule has 1 aliphatic heterocycles. The number of imidazole rings is 1. The van der Waals surface area contributed by atoms with Gasteiger partial charge in [-0.3, -0.25) is 9.69 Å². The lowest BCUT2D eigenvalue weighted by Gasteiger charge is -2.29. The molecule has 1 aromatic heterocycles. The van der Waals surface area contributed by atoms with Crippen LogP contribution < -0.4 is 5.32 Å². The van der Waals surface area contributed by atoms with Crippen LogP contribution in [-0.2, 0) is 17.9 Å². The Morgan fingerprint density at radius 1 is 1.38 bits per heavy atom. The van der Waals surface area contributed by atoms with Crippen LogP contribution in [0.15, 0.2) is 18.2 Å². The van der Waals surface area contributed by atoms with Gasteiger partial charge in [0, 0.05) is 32.2 Å². The van der Waals surface area contributed by atoms with Gasteiger partial charge in [-0.05, 0) is 24.1 Å². The molecule has 0 atom stereocenters. The molecule has 1 amide bonds. The zero-order valence-corrected chi connectivity index (χ0v) is 12.9. The highest BCUT2D eigenvalue weighted by molar-refractivity contribution is 5.91. The molecule has 3 rings (SSSR count). The highest BCUT2D eigenvalue weighted by Gasteiger charge is 2.20. The number of fused-ring (bicyclic) bond motifs is 3. The van der Waals surface area contributed by atoms with Crippen molar-refractivity contribution in [2.45, 2.75) is 33.9 Å². The van der Waals surface area contributed by atoms with Gasteiger partial charge >= 0.3 is 0 Å². The minimum atomic E-state index is -0.0542. The van der Waals surface area contributed by atoms with Gasteiger partial charge in [0.1, 0.15) is 5.82 Å². The Morgan fingerprint density at radius 2 is 2.19 bits per heavy atom. The molecule has 0 bridgehead atoms. The maximum atomic E-state index is 11.1. The summed E-state index contributed by atoms with van der Waals surface area (Å²) in [5.41, 5.74) is 2.93.